The molecule has 1 aromatic carbocycles. The van der Waals surface area contributed by atoms with Crippen LogP contribution in [0.25, 0.3) is 0 Å². The van der Waals surface area contributed by atoms with Gasteiger partial charge in [0.2, 0.25) is 0 Å². The standard InChI is InChI=1S/C27H41ClN4O5/c1-3-20(32-9-11-35-12-10-32)13-19(27(34)37-25-17-31-7-5-18(25)6-8-31)16-30-26(33)21-14-22(28)23(29)15-24(21)36-4-2/h14-15,18-20,25H,3-13,16-17,29H2,1-2H3,(H,30,33). The van der Waals surface area contributed by atoms with E-state index in [0.29, 0.717) is 49.2 Å². The molecular weight excluding hydrogens is 496 g/mol. The first kappa shape index (κ1) is 28.0. The fourth-order valence-electron chi connectivity index (χ4n) is 5.73. The number of rotatable bonds is 11. The van der Waals surface area contributed by atoms with Gasteiger partial charge < -0.3 is 25.3 Å². The average molecular weight is 537 g/mol. The molecule has 206 valence electrons. The van der Waals surface area contributed by atoms with Crippen LogP contribution in [0.15, 0.2) is 12.1 Å². The molecule has 0 saturated carbocycles. The molecule has 0 aromatic heterocycles. The molecule has 2 bridgehead atoms. The first-order chi connectivity index (χ1) is 17.9. The number of hydrogen-bond acceptors (Lipinski definition) is 8. The first-order valence-electron chi connectivity index (χ1n) is 13.6. The van der Waals surface area contributed by atoms with Gasteiger partial charge in [-0.25, -0.2) is 0 Å². The summed E-state index contributed by atoms with van der Waals surface area (Å²) in [6, 6.07) is 3.28. The van der Waals surface area contributed by atoms with Crippen molar-refractivity contribution in [1.82, 2.24) is 15.1 Å². The molecule has 0 radical (unpaired) electrons. The topological polar surface area (TPSA) is 106 Å². The van der Waals surface area contributed by atoms with Crippen LogP contribution in [0, 0.1) is 11.8 Å². The van der Waals surface area contributed by atoms with Gasteiger partial charge in [0.05, 0.1) is 42.0 Å². The highest BCUT2D eigenvalue weighted by molar-refractivity contribution is 6.33. The van der Waals surface area contributed by atoms with E-state index in [9.17, 15) is 9.59 Å². The van der Waals surface area contributed by atoms with Gasteiger partial charge in [-0.05, 0) is 57.7 Å². The Morgan fingerprint density at radius 2 is 1.92 bits per heavy atom. The molecule has 4 fully saturated rings. The molecule has 37 heavy (non-hydrogen) atoms. The number of ether oxygens (including phenoxy) is 3. The number of fused-ring (bicyclic) bond motifs is 3. The molecule has 4 heterocycles. The summed E-state index contributed by atoms with van der Waals surface area (Å²) in [5, 5.41) is 3.24. The molecular formula is C27H41ClN4O5. The molecule has 4 saturated heterocycles. The van der Waals surface area contributed by atoms with Crippen molar-refractivity contribution in [2.24, 2.45) is 11.8 Å². The van der Waals surface area contributed by atoms with Crippen LogP contribution in [0.3, 0.4) is 0 Å². The van der Waals surface area contributed by atoms with Crippen LogP contribution in [0.5, 0.6) is 5.75 Å². The van der Waals surface area contributed by atoms with Gasteiger partial charge in [0.15, 0.2) is 0 Å². The minimum absolute atomic E-state index is 0.0721. The first-order valence-corrected chi connectivity index (χ1v) is 14.0. The zero-order valence-corrected chi connectivity index (χ0v) is 22.8. The van der Waals surface area contributed by atoms with Gasteiger partial charge in [0.25, 0.3) is 5.91 Å². The second kappa shape index (κ2) is 13.1. The number of halogens is 1. The van der Waals surface area contributed by atoms with Crippen molar-refractivity contribution < 1.29 is 23.8 Å². The van der Waals surface area contributed by atoms with Crippen molar-refractivity contribution in [2.75, 3.05) is 64.8 Å². The predicted molar refractivity (Wildman–Crippen MR) is 143 cm³/mol. The molecule has 5 rings (SSSR count). The molecule has 3 unspecified atom stereocenters. The molecule has 4 aliphatic heterocycles. The highest BCUT2D eigenvalue weighted by Crippen LogP contribution is 2.31. The number of piperidine rings is 3. The van der Waals surface area contributed by atoms with E-state index in [4.69, 9.17) is 31.5 Å². The van der Waals surface area contributed by atoms with Crippen molar-refractivity contribution >= 4 is 29.2 Å². The number of anilines is 1. The van der Waals surface area contributed by atoms with Crippen molar-refractivity contribution in [1.29, 1.82) is 0 Å². The number of hydrogen-bond donors (Lipinski definition) is 2. The summed E-state index contributed by atoms with van der Waals surface area (Å²) in [5.74, 6) is -0.257. The lowest BCUT2D eigenvalue weighted by Crippen LogP contribution is -2.53. The van der Waals surface area contributed by atoms with Crippen molar-refractivity contribution in [2.45, 2.75) is 51.7 Å². The Balaban J connectivity index is 1.47. The number of carbonyl (C=O) groups excluding carboxylic acids is 2. The van der Waals surface area contributed by atoms with Crippen LogP contribution in [0.4, 0.5) is 5.69 Å². The van der Waals surface area contributed by atoms with E-state index in [-0.39, 0.29) is 35.6 Å². The van der Waals surface area contributed by atoms with Crippen LogP contribution < -0.4 is 15.8 Å². The van der Waals surface area contributed by atoms with Gasteiger partial charge in [-0.15, -0.1) is 0 Å². The molecule has 9 nitrogen and oxygen atoms in total. The van der Waals surface area contributed by atoms with E-state index in [2.05, 4.69) is 22.0 Å². The summed E-state index contributed by atoms with van der Waals surface area (Å²) in [7, 11) is 0. The van der Waals surface area contributed by atoms with Crippen LogP contribution in [0.1, 0.15) is 49.9 Å². The highest BCUT2D eigenvalue weighted by atomic mass is 35.5. The molecule has 1 amide bonds. The third-order valence-electron chi connectivity index (χ3n) is 7.94. The fourth-order valence-corrected chi connectivity index (χ4v) is 5.89. The number of nitrogens with two attached hydrogens (primary N) is 1. The second-order valence-electron chi connectivity index (χ2n) is 10.3. The summed E-state index contributed by atoms with van der Waals surface area (Å²) < 4.78 is 17.3. The van der Waals surface area contributed by atoms with Gasteiger partial charge in [0, 0.05) is 38.3 Å². The maximum atomic E-state index is 13.5. The molecule has 0 spiro atoms. The fraction of sp³-hybridized carbons (Fsp3) is 0.704. The Morgan fingerprint density at radius 3 is 2.54 bits per heavy atom. The Hall–Kier alpha value is -2.07. The number of nitrogens with one attached hydrogen (secondary N) is 1. The second-order valence-corrected chi connectivity index (χ2v) is 10.7. The van der Waals surface area contributed by atoms with E-state index in [1.807, 2.05) is 6.92 Å². The lowest BCUT2D eigenvalue weighted by Gasteiger charge is -2.44. The zero-order valence-electron chi connectivity index (χ0n) is 22.0. The molecule has 4 aliphatic rings. The monoisotopic (exact) mass is 536 g/mol. The number of benzene rings is 1. The summed E-state index contributed by atoms with van der Waals surface area (Å²) in [5.41, 5.74) is 6.56. The average Bonchev–Trinajstić information content (AvgIpc) is 2.92. The summed E-state index contributed by atoms with van der Waals surface area (Å²) >= 11 is 6.20. The maximum absolute atomic E-state index is 13.5. The summed E-state index contributed by atoms with van der Waals surface area (Å²) in [6.45, 7) is 10.6. The summed E-state index contributed by atoms with van der Waals surface area (Å²) in [4.78, 5) is 31.5. The van der Waals surface area contributed by atoms with Gasteiger partial charge in [0.1, 0.15) is 11.9 Å². The Labute approximate surface area is 224 Å². The van der Waals surface area contributed by atoms with Crippen molar-refractivity contribution in [3.63, 3.8) is 0 Å². The minimum atomic E-state index is -0.466. The highest BCUT2D eigenvalue weighted by Gasteiger charge is 2.38. The van der Waals surface area contributed by atoms with E-state index < -0.39 is 5.92 Å². The van der Waals surface area contributed by atoms with E-state index >= 15 is 0 Å². The SMILES string of the molecule is CCOc1cc(N)c(Cl)cc1C(=O)NCC(CC(CC)N1CCOCC1)C(=O)OC1CN2CCC1CC2. The lowest BCUT2D eigenvalue weighted by atomic mass is 9.85. The van der Waals surface area contributed by atoms with Gasteiger partial charge >= 0.3 is 5.97 Å². The van der Waals surface area contributed by atoms with E-state index in [1.54, 1.807) is 6.07 Å². The van der Waals surface area contributed by atoms with Crippen LogP contribution >= 0.6 is 11.6 Å². The third kappa shape index (κ3) is 7.07. The summed E-state index contributed by atoms with van der Waals surface area (Å²) in [6.07, 6.45) is 3.58. The third-order valence-corrected chi connectivity index (χ3v) is 8.27. The molecule has 3 atom stereocenters. The van der Waals surface area contributed by atoms with Gasteiger partial charge in [-0.1, -0.05) is 18.5 Å². The number of esters is 1. The number of morpholine rings is 1. The Bertz CT molecular complexity index is 934. The molecule has 3 N–H and O–H groups in total. The molecule has 10 heteroatoms. The lowest BCUT2D eigenvalue weighted by molar-refractivity contribution is -0.164. The van der Waals surface area contributed by atoms with Gasteiger partial charge in [-0.3, -0.25) is 19.4 Å². The van der Waals surface area contributed by atoms with E-state index in [1.165, 1.54) is 6.07 Å². The Morgan fingerprint density at radius 1 is 1.19 bits per heavy atom. The minimum Gasteiger partial charge on any atom is -0.493 e. The Kier molecular flexibility index (Phi) is 9.92. The number of nitrogens with zero attached hydrogens (tertiary/aromatic N) is 2. The van der Waals surface area contributed by atoms with E-state index in [0.717, 1.165) is 52.0 Å². The zero-order chi connectivity index (χ0) is 26.4. The van der Waals surface area contributed by atoms with Gasteiger partial charge in [-0.2, -0.15) is 0 Å². The molecule has 1 aromatic rings. The van der Waals surface area contributed by atoms with Crippen molar-refractivity contribution in [3.8, 4) is 5.75 Å². The largest absolute Gasteiger partial charge is 0.493 e. The van der Waals surface area contributed by atoms with Crippen LogP contribution in [-0.4, -0.2) is 92.9 Å². The number of carbonyl (C=O) groups is 2. The maximum Gasteiger partial charge on any atom is 0.311 e. The number of nitrogen functional groups attached to an aromatic ring is 1. The van der Waals surface area contributed by atoms with Crippen LogP contribution in [0.2, 0.25) is 5.02 Å². The number of amides is 1. The van der Waals surface area contributed by atoms with Crippen LogP contribution in [-0.2, 0) is 14.3 Å². The predicted octanol–water partition coefficient (Wildman–Crippen LogP) is 2.81. The normalized spacial score (nSPS) is 25.3. The molecule has 0 aliphatic carbocycles. The smallest absolute Gasteiger partial charge is 0.311 e. The van der Waals surface area contributed by atoms with Crippen molar-refractivity contribution in [3.05, 3.63) is 22.7 Å². The quantitative estimate of drug-likeness (QED) is 0.328.